The predicted molar refractivity (Wildman–Crippen MR) is 51.3 cm³/mol. The van der Waals surface area contributed by atoms with E-state index in [0.717, 1.165) is 5.92 Å². The topological polar surface area (TPSA) is 12.5 Å². The van der Waals surface area contributed by atoms with E-state index in [1.54, 1.807) is 0 Å². The molecule has 0 radical (unpaired) electrons. The van der Waals surface area contributed by atoms with Crippen LogP contribution in [0, 0.1) is 5.92 Å². The SMILES string of the molecule is COC1CCN(CC(C)C)CC1. The van der Waals surface area contributed by atoms with Crippen LogP contribution in [0.1, 0.15) is 26.7 Å². The van der Waals surface area contributed by atoms with E-state index in [4.69, 9.17) is 4.74 Å². The van der Waals surface area contributed by atoms with Crippen molar-refractivity contribution in [3.05, 3.63) is 0 Å². The minimum Gasteiger partial charge on any atom is -0.381 e. The van der Waals surface area contributed by atoms with Gasteiger partial charge in [0.05, 0.1) is 6.10 Å². The lowest BCUT2D eigenvalue weighted by Gasteiger charge is -2.32. The molecule has 0 atom stereocenters. The maximum atomic E-state index is 5.32. The Kier molecular flexibility index (Phi) is 4.02. The summed E-state index contributed by atoms with van der Waals surface area (Å²) in [7, 11) is 1.82. The minimum absolute atomic E-state index is 0.522. The number of ether oxygens (including phenoxy) is 1. The molecular formula is C10H21NO. The highest BCUT2D eigenvalue weighted by Crippen LogP contribution is 2.13. The van der Waals surface area contributed by atoms with Crippen molar-refractivity contribution in [2.75, 3.05) is 26.7 Å². The lowest BCUT2D eigenvalue weighted by molar-refractivity contribution is 0.0380. The molecule has 1 saturated heterocycles. The third kappa shape index (κ3) is 3.11. The molecule has 72 valence electrons. The fourth-order valence-electron chi connectivity index (χ4n) is 1.84. The first kappa shape index (κ1) is 10.0. The van der Waals surface area contributed by atoms with Gasteiger partial charge in [0.25, 0.3) is 0 Å². The summed E-state index contributed by atoms with van der Waals surface area (Å²) >= 11 is 0. The number of hydrogen-bond donors (Lipinski definition) is 0. The van der Waals surface area contributed by atoms with Crippen molar-refractivity contribution in [3.8, 4) is 0 Å². The molecule has 0 N–H and O–H groups in total. The molecule has 1 rings (SSSR count). The second kappa shape index (κ2) is 4.83. The summed E-state index contributed by atoms with van der Waals surface area (Å²) in [6.45, 7) is 8.24. The number of hydrogen-bond acceptors (Lipinski definition) is 2. The van der Waals surface area contributed by atoms with Gasteiger partial charge < -0.3 is 9.64 Å². The summed E-state index contributed by atoms with van der Waals surface area (Å²) < 4.78 is 5.32. The van der Waals surface area contributed by atoms with Crippen molar-refractivity contribution in [1.29, 1.82) is 0 Å². The quantitative estimate of drug-likeness (QED) is 0.641. The molecular weight excluding hydrogens is 150 g/mol. The third-order valence-electron chi connectivity index (χ3n) is 2.49. The van der Waals surface area contributed by atoms with Crippen LogP contribution in [0.15, 0.2) is 0 Å². The fraction of sp³-hybridized carbons (Fsp3) is 1.00. The van der Waals surface area contributed by atoms with Gasteiger partial charge in [0.15, 0.2) is 0 Å². The molecule has 0 aromatic rings. The van der Waals surface area contributed by atoms with Crippen molar-refractivity contribution in [2.45, 2.75) is 32.8 Å². The van der Waals surface area contributed by atoms with E-state index in [0.29, 0.717) is 6.10 Å². The lowest BCUT2D eigenvalue weighted by atomic mass is 10.1. The first-order valence-corrected chi connectivity index (χ1v) is 4.97. The highest BCUT2D eigenvalue weighted by Gasteiger charge is 2.18. The van der Waals surface area contributed by atoms with Gasteiger partial charge in [0, 0.05) is 26.7 Å². The van der Waals surface area contributed by atoms with E-state index >= 15 is 0 Å². The zero-order valence-corrected chi connectivity index (χ0v) is 8.55. The average molecular weight is 171 g/mol. The molecule has 1 aliphatic heterocycles. The van der Waals surface area contributed by atoms with E-state index in [2.05, 4.69) is 18.7 Å². The van der Waals surface area contributed by atoms with Gasteiger partial charge in [0.2, 0.25) is 0 Å². The van der Waals surface area contributed by atoms with Crippen molar-refractivity contribution in [2.24, 2.45) is 5.92 Å². The third-order valence-corrected chi connectivity index (χ3v) is 2.49. The summed E-state index contributed by atoms with van der Waals surface area (Å²) in [6.07, 6.45) is 2.94. The summed E-state index contributed by atoms with van der Waals surface area (Å²) in [6, 6.07) is 0. The van der Waals surface area contributed by atoms with Crippen LogP contribution in [0.3, 0.4) is 0 Å². The number of piperidine rings is 1. The van der Waals surface area contributed by atoms with E-state index in [-0.39, 0.29) is 0 Å². The van der Waals surface area contributed by atoms with Crippen LogP contribution in [0.4, 0.5) is 0 Å². The van der Waals surface area contributed by atoms with E-state index in [1.165, 1.54) is 32.5 Å². The van der Waals surface area contributed by atoms with Gasteiger partial charge in [-0.1, -0.05) is 13.8 Å². The molecule has 1 aliphatic rings. The monoisotopic (exact) mass is 171 g/mol. The minimum atomic E-state index is 0.522. The van der Waals surface area contributed by atoms with Crippen molar-refractivity contribution in [1.82, 2.24) is 4.90 Å². The summed E-state index contributed by atoms with van der Waals surface area (Å²) in [5.41, 5.74) is 0. The van der Waals surface area contributed by atoms with E-state index in [1.807, 2.05) is 7.11 Å². The zero-order chi connectivity index (χ0) is 8.97. The maximum Gasteiger partial charge on any atom is 0.0595 e. The Bertz CT molecular complexity index is 117. The molecule has 0 aliphatic carbocycles. The van der Waals surface area contributed by atoms with Crippen LogP contribution in [0.5, 0.6) is 0 Å². The normalized spacial score (nSPS) is 22.0. The molecule has 1 heterocycles. The number of methoxy groups -OCH3 is 1. The van der Waals surface area contributed by atoms with Gasteiger partial charge in [-0.05, 0) is 18.8 Å². The summed E-state index contributed by atoms with van der Waals surface area (Å²) in [5, 5.41) is 0. The van der Waals surface area contributed by atoms with Crippen LogP contribution < -0.4 is 0 Å². The Morgan fingerprint density at radius 2 is 1.92 bits per heavy atom. The van der Waals surface area contributed by atoms with Gasteiger partial charge in [-0.15, -0.1) is 0 Å². The Morgan fingerprint density at radius 3 is 2.33 bits per heavy atom. The smallest absolute Gasteiger partial charge is 0.0595 e. The van der Waals surface area contributed by atoms with Gasteiger partial charge >= 0.3 is 0 Å². The summed E-state index contributed by atoms with van der Waals surface area (Å²) in [4.78, 5) is 2.54. The Balaban J connectivity index is 2.17. The average Bonchev–Trinajstić information content (AvgIpc) is 2.05. The fourth-order valence-corrected chi connectivity index (χ4v) is 1.84. The molecule has 0 amide bonds. The molecule has 0 unspecified atom stereocenters. The van der Waals surface area contributed by atoms with Gasteiger partial charge in [-0.3, -0.25) is 0 Å². The second-order valence-electron chi connectivity index (χ2n) is 4.13. The van der Waals surface area contributed by atoms with Crippen LogP contribution in [0.2, 0.25) is 0 Å². The molecule has 2 nitrogen and oxygen atoms in total. The first-order chi connectivity index (χ1) is 5.72. The lowest BCUT2D eigenvalue weighted by Crippen LogP contribution is -2.38. The Labute approximate surface area is 75.9 Å². The standard InChI is InChI=1S/C10H21NO/c1-9(2)8-11-6-4-10(12-3)5-7-11/h9-10H,4-8H2,1-3H3. The molecule has 12 heavy (non-hydrogen) atoms. The first-order valence-electron chi connectivity index (χ1n) is 4.97. The Hall–Kier alpha value is -0.0800. The van der Waals surface area contributed by atoms with Crippen molar-refractivity contribution < 1.29 is 4.74 Å². The zero-order valence-electron chi connectivity index (χ0n) is 8.55. The van der Waals surface area contributed by atoms with Gasteiger partial charge in [-0.25, -0.2) is 0 Å². The highest BCUT2D eigenvalue weighted by molar-refractivity contribution is 4.72. The Morgan fingerprint density at radius 1 is 1.33 bits per heavy atom. The number of nitrogens with zero attached hydrogens (tertiary/aromatic N) is 1. The molecule has 0 spiro atoms. The van der Waals surface area contributed by atoms with Crippen LogP contribution >= 0.6 is 0 Å². The number of rotatable bonds is 3. The van der Waals surface area contributed by atoms with Gasteiger partial charge in [0.1, 0.15) is 0 Å². The van der Waals surface area contributed by atoms with E-state index < -0.39 is 0 Å². The molecule has 0 saturated carbocycles. The molecule has 0 aromatic carbocycles. The molecule has 2 heteroatoms. The van der Waals surface area contributed by atoms with Crippen LogP contribution in [-0.4, -0.2) is 37.7 Å². The predicted octanol–water partition coefficient (Wildman–Crippen LogP) is 1.75. The molecule has 1 fully saturated rings. The summed E-state index contributed by atoms with van der Waals surface area (Å²) in [5.74, 6) is 0.795. The molecule has 0 aromatic heterocycles. The van der Waals surface area contributed by atoms with Crippen molar-refractivity contribution in [3.63, 3.8) is 0 Å². The molecule has 0 bridgehead atoms. The van der Waals surface area contributed by atoms with Crippen LogP contribution in [0.25, 0.3) is 0 Å². The second-order valence-corrected chi connectivity index (χ2v) is 4.13. The largest absolute Gasteiger partial charge is 0.381 e. The number of likely N-dealkylation sites (tertiary alicyclic amines) is 1. The maximum absolute atomic E-state index is 5.32. The van der Waals surface area contributed by atoms with Crippen molar-refractivity contribution >= 4 is 0 Å². The van der Waals surface area contributed by atoms with E-state index in [9.17, 15) is 0 Å². The van der Waals surface area contributed by atoms with Gasteiger partial charge in [-0.2, -0.15) is 0 Å². The van der Waals surface area contributed by atoms with Crippen LogP contribution in [-0.2, 0) is 4.74 Å². The highest BCUT2D eigenvalue weighted by atomic mass is 16.5.